The molecule has 0 fully saturated rings. The van der Waals surface area contributed by atoms with E-state index in [9.17, 15) is 0 Å². The molecule has 2 rings (SSSR count). The van der Waals surface area contributed by atoms with Gasteiger partial charge < -0.3 is 4.90 Å². The molecular formula is C13H17ClN4. The number of para-hydroxylation sites is 1. The van der Waals surface area contributed by atoms with Crippen molar-refractivity contribution in [2.24, 2.45) is 0 Å². The molecular weight excluding hydrogens is 248 g/mol. The summed E-state index contributed by atoms with van der Waals surface area (Å²) >= 11 is 5.65. The maximum Gasteiger partial charge on any atom is 0.245 e. The molecule has 5 heteroatoms. The second kappa shape index (κ2) is 6.50. The van der Waals surface area contributed by atoms with Crippen LogP contribution in [-0.2, 0) is 0 Å². The Labute approximate surface area is 112 Å². The highest BCUT2D eigenvalue weighted by atomic mass is 35.5. The standard InChI is InChI=1S/C13H17ClN4/c1-18(10-6-2-5-9-14)13-15-11-7-3-4-8-12(11)16-17-13/h3-4,7-8H,2,5-6,9-10H2,1H3. The van der Waals surface area contributed by atoms with Crippen molar-refractivity contribution >= 4 is 28.6 Å². The summed E-state index contributed by atoms with van der Waals surface area (Å²) in [6.07, 6.45) is 3.29. The third kappa shape index (κ3) is 3.29. The molecule has 1 aromatic carbocycles. The Morgan fingerprint density at radius 2 is 1.83 bits per heavy atom. The maximum absolute atomic E-state index is 5.65. The SMILES string of the molecule is CN(CCCCCCl)c1nnc2ccccc2n1. The highest BCUT2D eigenvalue weighted by molar-refractivity contribution is 6.17. The molecule has 0 N–H and O–H groups in total. The number of unbranched alkanes of at least 4 members (excludes halogenated alkanes) is 2. The first kappa shape index (κ1) is 13.0. The lowest BCUT2D eigenvalue weighted by Gasteiger charge is -2.16. The van der Waals surface area contributed by atoms with E-state index in [2.05, 4.69) is 15.2 Å². The number of fused-ring (bicyclic) bond motifs is 1. The van der Waals surface area contributed by atoms with Crippen LogP contribution >= 0.6 is 11.6 Å². The molecule has 96 valence electrons. The van der Waals surface area contributed by atoms with E-state index < -0.39 is 0 Å². The summed E-state index contributed by atoms with van der Waals surface area (Å²) < 4.78 is 0. The van der Waals surface area contributed by atoms with Gasteiger partial charge in [-0.2, -0.15) is 0 Å². The summed E-state index contributed by atoms with van der Waals surface area (Å²) in [5, 5.41) is 8.32. The van der Waals surface area contributed by atoms with E-state index >= 15 is 0 Å². The van der Waals surface area contributed by atoms with Crippen molar-refractivity contribution < 1.29 is 0 Å². The lowest BCUT2D eigenvalue weighted by Crippen LogP contribution is -2.21. The molecule has 0 aliphatic carbocycles. The summed E-state index contributed by atoms with van der Waals surface area (Å²) in [5.41, 5.74) is 1.71. The topological polar surface area (TPSA) is 41.9 Å². The fourth-order valence-corrected chi connectivity index (χ4v) is 1.94. The first-order valence-electron chi connectivity index (χ1n) is 6.18. The summed E-state index contributed by atoms with van der Waals surface area (Å²) in [4.78, 5) is 6.54. The van der Waals surface area contributed by atoms with Crippen LogP contribution in [0.3, 0.4) is 0 Å². The second-order valence-corrected chi connectivity index (χ2v) is 4.65. The number of hydrogen-bond donors (Lipinski definition) is 0. The van der Waals surface area contributed by atoms with Gasteiger partial charge in [-0.1, -0.05) is 18.6 Å². The summed E-state index contributed by atoms with van der Waals surface area (Å²) in [6.45, 7) is 0.927. The normalized spacial score (nSPS) is 10.8. The number of aromatic nitrogens is 3. The van der Waals surface area contributed by atoms with Crippen molar-refractivity contribution in [2.75, 3.05) is 24.4 Å². The van der Waals surface area contributed by atoms with Gasteiger partial charge in [-0.05, 0) is 25.0 Å². The van der Waals surface area contributed by atoms with Crippen molar-refractivity contribution in [2.45, 2.75) is 19.3 Å². The number of alkyl halides is 1. The monoisotopic (exact) mass is 264 g/mol. The molecule has 1 heterocycles. The molecule has 0 radical (unpaired) electrons. The molecule has 2 aromatic rings. The third-order valence-electron chi connectivity index (χ3n) is 2.82. The lowest BCUT2D eigenvalue weighted by molar-refractivity contribution is 0.696. The van der Waals surface area contributed by atoms with Gasteiger partial charge in [0, 0.05) is 19.5 Å². The van der Waals surface area contributed by atoms with Crippen molar-refractivity contribution in [3.8, 4) is 0 Å². The Kier molecular flexibility index (Phi) is 4.70. The van der Waals surface area contributed by atoms with Gasteiger partial charge in [0.25, 0.3) is 0 Å². The highest BCUT2D eigenvalue weighted by Gasteiger charge is 2.06. The maximum atomic E-state index is 5.65. The number of benzene rings is 1. The molecule has 0 amide bonds. The number of nitrogens with zero attached hydrogens (tertiary/aromatic N) is 4. The quantitative estimate of drug-likeness (QED) is 0.594. The minimum absolute atomic E-state index is 0.680. The van der Waals surface area contributed by atoms with Crippen LogP contribution in [0.4, 0.5) is 5.95 Å². The van der Waals surface area contributed by atoms with Crippen LogP contribution in [0.2, 0.25) is 0 Å². The van der Waals surface area contributed by atoms with Crippen LogP contribution in [0.1, 0.15) is 19.3 Å². The summed E-state index contributed by atoms with van der Waals surface area (Å²) in [5.74, 6) is 1.41. The zero-order chi connectivity index (χ0) is 12.8. The van der Waals surface area contributed by atoms with E-state index in [4.69, 9.17) is 11.6 Å². The Hall–Kier alpha value is -1.42. The molecule has 0 bridgehead atoms. The minimum Gasteiger partial charge on any atom is -0.343 e. The van der Waals surface area contributed by atoms with Crippen LogP contribution in [0.25, 0.3) is 11.0 Å². The zero-order valence-electron chi connectivity index (χ0n) is 10.5. The fraction of sp³-hybridized carbons (Fsp3) is 0.462. The van der Waals surface area contributed by atoms with Gasteiger partial charge in [0.1, 0.15) is 5.52 Å². The van der Waals surface area contributed by atoms with Crippen LogP contribution < -0.4 is 4.90 Å². The Morgan fingerprint density at radius 3 is 2.61 bits per heavy atom. The molecule has 0 spiro atoms. The van der Waals surface area contributed by atoms with Crippen LogP contribution in [0.5, 0.6) is 0 Å². The molecule has 1 aromatic heterocycles. The van der Waals surface area contributed by atoms with Crippen LogP contribution in [0, 0.1) is 0 Å². The van der Waals surface area contributed by atoms with Crippen molar-refractivity contribution in [1.82, 2.24) is 15.2 Å². The zero-order valence-corrected chi connectivity index (χ0v) is 11.3. The second-order valence-electron chi connectivity index (χ2n) is 4.27. The van der Waals surface area contributed by atoms with E-state index in [1.165, 1.54) is 0 Å². The fourth-order valence-electron chi connectivity index (χ4n) is 1.75. The molecule has 4 nitrogen and oxygen atoms in total. The summed E-state index contributed by atoms with van der Waals surface area (Å²) in [7, 11) is 1.99. The third-order valence-corrected chi connectivity index (χ3v) is 3.09. The van der Waals surface area contributed by atoms with Gasteiger partial charge in [-0.15, -0.1) is 21.8 Å². The molecule has 0 unspecified atom stereocenters. The number of halogens is 1. The Balaban J connectivity index is 2.01. The highest BCUT2D eigenvalue weighted by Crippen LogP contribution is 2.12. The van der Waals surface area contributed by atoms with Gasteiger partial charge in [-0.25, -0.2) is 4.98 Å². The molecule has 18 heavy (non-hydrogen) atoms. The molecule has 0 saturated carbocycles. The molecule has 0 aliphatic heterocycles. The molecule has 0 atom stereocenters. The summed E-state index contributed by atoms with van der Waals surface area (Å²) in [6, 6.07) is 7.77. The van der Waals surface area contributed by atoms with Crippen molar-refractivity contribution in [3.63, 3.8) is 0 Å². The van der Waals surface area contributed by atoms with E-state index in [0.717, 1.165) is 42.7 Å². The average molecular weight is 265 g/mol. The largest absolute Gasteiger partial charge is 0.343 e. The Bertz CT molecular complexity index is 503. The van der Waals surface area contributed by atoms with Gasteiger partial charge in [-0.3, -0.25) is 0 Å². The molecule has 0 saturated heterocycles. The predicted molar refractivity (Wildman–Crippen MR) is 75.2 cm³/mol. The first-order chi connectivity index (χ1) is 8.81. The van der Waals surface area contributed by atoms with E-state index in [1.54, 1.807) is 0 Å². The average Bonchev–Trinajstić information content (AvgIpc) is 2.43. The van der Waals surface area contributed by atoms with Gasteiger partial charge in [0.05, 0.1) is 5.52 Å². The van der Waals surface area contributed by atoms with Crippen molar-refractivity contribution in [3.05, 3.63) is 24.3 Å². The smallest absolute Gasteiger partial charge is 0.245 e. The number of hydrogen-bond acceptors (Lipinski definition) is 4. The van der Waals surface area contributed by atoms with E-state index in [1.807, 2.05) is 36.2 Å². The molecule has 0 aliphatic rings. The van der Waals surface area contributed by atoms with Gasteiger partial charge in [0.2, 0.25) is 5.95 Å². The van der Waals surface area contributed by atoms with Gasteiger partial charge >= 0.3 is 0 Å². The van der Waals surface area contributed by atoms with Crippen LogP contribution in [0.15, 0.2) is 24.3 Å². The number of anilines is 1. The van der Waals surface area contributed by atoms with E-state index in [-0.39, 0.29) is 0 Å². The lowest BCUT2D eigenvalue weighted by atomic mass is 10.2. The minimum atomic E-state index is 0.680. The van der Waals surface area contributed by atoms with Crippen molar-refractivity contribution in [1.29, 1.82) is 0 Å². The van der Waals surface area contributed by atoms with Crippen LogP contribution in [-0.4, -0.2) is 34.7 Å². The van der Waals surface area contributed by atoms with E-state index in [0.29, 0.717) is 5.95 Å². The predicted octanol–water partition coefficient (Wildman–Crippen LogP) is 2.87. The Morgan fingerprint density at radius 1 is 1.06 bits per heavy atom. The van der Waals surface area contributed by atoms with Gasteiger partial charge in [0.15, 0.2) is 0 Å². The number of rotatable bonds is 6. The first-order valence-corrected chi connectivity index (χ1v) is 6.71.